The van der Waals surface area contributed by atoms with Crippen molar-refractivity contribution in [3.8, 4) is 0 Å². The van der Waals surface area contributed by atoms with Gasteiger partial charge in [-0.05, 0) is 0 Å². The van der Waals surface area contributed by atoms with Crippen molar-refractivity contribution in [1.29, 1.82) is 0 Å². The molecule has 1 fully saturated rings. The van der Waals surface area contributed by atoms with Crippen LogP contribution in [0.15, 0.2) is 0 Å². The molecule has 0 saturated carbocycles. The summed E-state index contributed by atoms with van der Waals surface area (Å²) >= 11 is 0. The molecule has 76 valence electrons. The summed E-state index contributed by atoms with van der Waals surface area (Å²) in [7, 11) is 1.25. The first-order chi connectivity index (χ1) is 6.11. The number of hydrogen-bond acceptors (Lipinski definition) is 6. The highest BCUT2D eigenvalue weighted by Gasteiger charge is 2.47. The van der Waals surface area contributed by atoms with Gasteiger partial charge in [0.05, 0.1) is 6.61 Å². The third kappa shape index (κ3) is 1.80. The molecule has 0 bridgehead atoms. The fraction of sp³-hybridized carbons (Fsp3) is 0.857. The molecular weight excluding hydrogens is 180 g/mol. The van der Waals surface area contributed by atoms with Gasteiger partial charge in [-0.1, -0.05) is 0 Å². The van der Waals surface area contributed by atoms with Crippen LogP contribution in [0.5, 0.6) is 0 Å². The van der Waals surface area contributed by atoms with Crippen molar-refractivity contribution in [3.63, 3.8) is 0 Å². The number of aliphatic hydroxyl groups excluding tert-OH is 3. The lowest BCUT2D eigenvalue weighted by Crippen LogP contribution is -2.40. The highest BCUT2D eigenvalue weighted by Crippen LogP contribution is 2.20. The molecule has 3 N–H and O–H groups in total. The molecule has 13 heavy (non-hydrogen) atoms. The Labute approximate surface area is 74.7 Å². The van der Waals surface area contributed by atoms with Gasteiger partial charge in [0.1, 0.15) is 12.2 Å². The average Bonchev–Trinajstić information content (AvgIpc) is 2.40. The minimum atomic E-state index is -1.28. The molecule has 4 unspecified atom stereocenters. The molecule has 1 saturated heterocycles. The van der Waals surface area contributed by atoms with E-state index in [2.05, 4.69) is 9.47 Å². The molecule has 1 aliphatic rings. The van der Waals surface area contributed by atoms with E-state index in [1.807, 2.05) is 0 Å². The van der Waals surface area contributed by atoms with Gasteiger partial charge in [-0.3, -0.25) is 0 Å². The van der Waals surface area contributed by atoms with Gasteiger partial charge in [0.2, 0.25) is 0 Å². The molecular formula is C7H12O6. The third-order valence-corrected chi connectivity index (χ3v) is 1.95. The SMILES string of the molecule is COC1C(=O)OC(C(O)CO)C1O. The van der Waals surface area contributed by atoms with Crippen LogP contribution in [0.4, 0.5) is 0 Å². The summed E-state index contributed by atoms with van der Waals surface area (Å²) in [5, 5.41) is 27.1. The quantitative estimate of drug-likeness (QED) is 0.433. The third-order valence-electron chi connectivity index (χ3n) is 1.95. The predicted octanol–water partition coefficient (Wildman–Crippen LogP) is -2.36. The molecule has 0 radical (unpaired) electrons. The van der Waals surface area contributed by atoms with E-state index in [9.17, 15) is 9.90 Å². The van der Waals surface area contributed by atoms with Crippen LogP contribution in [-0.4, -0.2) is 59.4 Å². The van der Waals surface area contributed by atoms with Gasteiger partial charge < -0.3 is 24.8 Å². The predicted molar refractivity (Wildman–Crippen MR) is 39.8 cm³/mol. The van der Waals surface area contributed by atoms with Crippen molar-refractivity contribution >= 4 is 5.97 Å². The second-order valence-electron chi connectivity index (χ2n) is 2.80. The molecule has 0 spiro atoms. The van der Waals surface area contributed by atoms with Crippen LogP contribution in [0.25, 0.3) is 0 Å². The highest BCUT2D eigenvalue weighted by molar-refractivity contribution is 5.78. The number of esters is 1. The van der Waals surface area contributed by atoms with Crippen LogP contribution in [0.3, 0.4) is 0 Å². The topological polar surface area (TPSA) is 96.2 Å². The number of ether oxygens (including phenoxy) is 2. The van der Waals surface area contributed by atoms with Gasteiger partial charge in [-0.2, -0.15) is 0 Å². The van der Waals surface area contributed by atoms with Crippen molar-refractivity contribution < 1.29 is 29.6 Å². The molecule has 0 aliphatic carbocycles. The maximum absolute atomic E-state index is 10.9. The van der Waals surface area contributed by atoms with Gasteiger partial charge >= 0.3 is 5.97 Å². The number of cyclic esters (lactones) is 1. The van der Waals surface area contributed by atoms with E-state index in [-0.39, 0.29) is 0 Å². The van der Waals surface area contributed by atoms with Crippen LogP contribution in [0, 0.1) is 0 Å². The molecule has 1 aliphatic heterocycles. The summed E-state index contributed by atoms with van der Waals surface area (Å²) in [4.78, 5) is 10.9. The first-order valence-electron chi connectivity index (χ1n) is 3.82. The normalized spacial score (nSPS) is 36.0. The van der Waals surface area contributed by atoms with Gasteiger partial charge in [-0.15, -0.1) is 0 Å². The number of rotatable bonds is 3. The van der Waals surface area contributed by atoms with Gasteiger partial charge in [0, 0.05) is 7.11 Å². The van der Waals surface area contributed by atoms with E-state index in [0.29, 0.717) is 0 Å². The minimum absolute atomic E-state index is 0.578. The fourth-order valence-corrected chi connectivity index (χ4v) is 1.23. The van der Waals surface area contributed by atoms with Gasteiger partial charge in [-0.25, -0.2) is 4.79 Å². The van der Waals surface area contributed by atoms with E-state index in [1.165, 1.54) is 7.11 Å². The lowest BCUT2D eigenvalue weighted by molar-refractivity contribution is -0.152. The highest BCUT2D eigenvalue weighted by atomic mass is 16.6. The van der Waals surface area contributed by atoms with E-state index in [4.69, 9.17) is 10.2 Å². The Balaban J connectivity index is 2.66. The standard InChI is InChI=1S/C7H12O6/c1-12-6-4(10)5(3(9)2-8)13-7(6)11/h3-6,8-10H,2H2,1H3. The Morgan fingerprint density at radius 1 is 1.69 bits per heavy atom. The Kier molecular flexibility index (Phi) is 3.21. The van der Waals surface area contributed by atoms with E-state index in [0.717, 1.165) is 0 Å². The van der Waals surface area contributed by atoms with Crippen LogP contribution in [-0.2, 0) is 14.3 Å². The Hall–Kier alpha value is -0.690. The Bertz CT molecular complexity index is 193. The fourth-order valence-electron chi connectivity index (χ4n) is 1.23. The Morgan fingerprint density at radius 2 is 2.31 bits per heavy atom. The van der Waals surface area contributed by atoms with E-state index < -0.39 is 37.0 Å². The van der Waals surface area contributed by atoms with E-state index >= 15 is 0 Å². The largest absolute Gasteiger partial charge is 0.455 e. The zero-order chi connectivity index (χ0) is 10.0. The first-order valence-corrected chi connectivity index (χ1v) is 3.82. The number of aliphatic hydroxyl groups is 3. The lowest BCUT2D eigenvalue weighted by atomic mass is 10.1. The van der Waals surface area contributed by atoms with Crippen LogP contribution in [0.1, 0.15) is 0 Å². The van der Waals surface area contributed by atoms with Crippen LogP contribution >= 0.6 is 0 Å². The zero-order valence-electron chi connectivity index (χ0n) is 7.08. The molecule has 1 heterocycles. The lowest BCUT2D eigenvalue weighted by Gasteiger charge is -2.18. The molecule has 0 amide bonds. The summed E-state index contributed by atoms with van der Waals surface area (Å²) < 4.78 is 9.25. The molecule has 1 rings (SSSR count). The molecule has 4 atom stereocenters. The maximum Gasteiger partial charge on any atom is 0.338 e. The Morgan fingerprint density at radius 3 is 2.69 bits per heavy atom. The molecule has 0 aromatic rings. The minimum Gasteiger partial charge on any atom is -0.455 e. The summed E-state index contributed by atoms with van der Waals surface area (Å²) in [6.45, 7) is -0.578. The molecule has 0 aromatic heterocycles. The number of carbonyl (C=O) groups is 1. The van der Waals surface area contributed by atoms with Crippen molar-refractivity contribution in [2.45, 2.75) is 24.4 Å². The molecule has 6 nitrogen and oxygen atoms in total. The van der Waals surface area contributed by atoms with Crippen molar-refractivity contribution in [2.75, 3.05) is 13.7 Å². The molecule has 6 heteroatoms. The summed E-state index contributed by atoms with van der Waals surface area (Å²) in [6.07, 6.45) is -4.70. The summed E-state index contributed by atoms with van der Waals surface area (Å²) in [6, 6.07) is 0. The average molecular weight is 192 g/mol. The van der Waals surface area contributed by atoms with Crippen molar-refractivity contribution in [3.05, 3.63) is 0 Å². The zero-order valence-corrected chi connectivity index (χ0v) is 7.08. The summed E-state index contributed by atoms with van der Waals surface area (Å²) in [5.74, 6) is -0.729. The number of methoxy groups -OCH3 is 1. The monoisotopic (exact) mass is 192 g/mol. The number of carbonyl (C=O) groups excluding carboxylic acids is 1. The smallest absolute Gasteiger partial charge is 0.338 e. The van der Waals surface area contributed by atoms with Crippen LogP contribution < -0.4 is 0 Å². The van der Waals surface area contributed by atoms with Gasteiger partial charge in [0.25, 0.3) is 0 Å². The molecule has 0 aromatic carbocycles. The van der Waals surface area contributed by atoms with Crippen molar-refractivity contribution in [2.24, 2.45) is 0 Å². The second-order valence-corrected chi connectivity index (χ2v) is 2.80. The van der Waals surface area contributed by atoms with Crippen LogP contribution in [0.2, 0.25) is 0 Å². The van der Waals surface area contributed by atoms with Crippen molar-refractivity contribution in [1.82, 2.24) is 0 Å². The van der Waals surface area contributed by atoms with Gasteiger partial charge in [0.15, 0.2) is 12.2 Å². The number of hydrogen-bond donors (Lipinski definition) is 3. The van der Waals surface area contributed by atoms with E-state index in [1.54, 1.807) is 0 Å². The first kappa shape index (κ1) is 10.4. The maximum atomic E-state index is 10.9. The summed E-state index contributed by atoms with van der Waals surface area (Å²) in [5.41, 5.74) is 0. The second kappa shape index (κ2) is 4.01.